The van der Waals surface area contributed by atoms with E-state index in [-0.39, 0.29) is 11.6 Å². The summed E-state index contributed by atoms with van der Waals surface area (Å²) in [7, 11) is 3.82. The summed E-state index contributed by atoms with van der Waals surface area (Å²) >= 11 is 0. The molecule has 2 aromatic rings. The summed E-state index contributed by atoms with van der Waals surface area (Å²) in [5, 5.41) is 2.79. The van der Waals surface area contributed by atoms with Crippen molar-refractivity contribution < 1.29 is 18.0 Å². The Bertz CT molecular complexity index is 707. The summed E-state index contributed by atoms with van der Waals surface area (Å²) in [4.78, 5) is 14.2. The lowest BCUT2D eigenvalue weighted by atomic mass is 10.0. The maximum Gasteiger partial charge on any atom is 0.416 e. The Kier molecular flexibility index (Phi) is 5.85. The van der Waals surface area contributed by atoms with Crippen molar-refractivity contribution >= 4 is 5.91 Å². The average molecular weight is 350 g/mol. The fourth-order valence-electron chi connectivity index (χ4n) is 2.49. The number of carbonyl (C=O) groups excluding carboxylic acids is 1. The van der Waals surface area contributed by atoms with Crippen molar-refractivity contribution in [1.82, 2.24) is 10.2 Å². The molecule has 0 heterocycles. The summed E-state index contributed by atoms with van der Waals surface area (Å²) in [5.41, 5.74) is 1.64. The molecule has 3 nitrogen and oxygen atoms in total. The minimum Gasteiger partial charge on any atom is -0.350 e. The van der Waals surface area contributed by atoms with Gasteiger partial charge in [-0.1, -0.05) is 29.8 Å². The third kappa shape index (κ3) is 5.06. The number of rotatable bonds is 5. The smallest absolute Gasteiger partial charge is 0.350 e. The first-order chi connectivity index (χ1) is 11.7. The van der Waals surface area contributed by atoms with Crippen molar-refractivity contribution in [1.29, 1.82) is 0 Å². The molecule has 2 rings (SSSR count). The maximum absolute atomic E-state index is 12.6. The molecule has 0 spiro atoms. The first-order valence-corrected chi connectivity index (χ1v) is 7.87. The zero-order valence-electron chi connectivity index (χ0n) is 14.4. The van der Waals surface area contributed by atoms with Gasteiger partial charge in [0.1, 0.15) is 0 Å². The molecule has 0 unspecified atom stereocenters. The highest BCUT2D eigenvalue weighted by molar-refractivity contribution is 5.94. The second-order valence-corrected chi connectivity index (χ2v) is 6.18. The highest BCUT2D eigenvalue weighted by atomic mass is 19.4. The van der Waals surface area contributed by atoms with Crippen LogP contribution in [0.1, 0.15) is 33.1 Å². The second kappa shape index (κ2) is 7.70. The van der Waals surface area contributed by atoms with Gasteiger partial charge in [-0.3, -0.25) is 4.79 Å². The highest BCUT2D eigenvalue weighted by Crippen LogP contribution is 2.29. The van der Waals surface area contributed by atoms with Crippen LogP contribution in [0, 0.1) is 6.92 Å². The molecule has 0 saturated carbocycles. The normalized spacial score (nSPS) is 12.9. The van der Waals surface area contributed by atoms with E-state index in [1.165, 1.54) is 12.1 Å². The molecule has 134 valence electrons. The van der Waals surface area contributed by atoms with Gasteiger partial charge in [0.05, 0.1) is 11.6 Å². The van der Waals surface area contributed by atoms with Crippen LogP contribution >= 0.6 is 0 Å². The maximum atomic E-state index is 12.6. The quantitative estimate of drug-likeness (QED) is 0.882. The summed E-state index contributed by atoms with van der Waals surface area (Å²) in [6.07, 6.45) is -4.41. The molecule has 0 fully saturated rings. The number of amides is 1. The number of nitrogens with one attached hydrogen (secondary N) is 1. The van der Waals surface area contributed by atoms with Gasteiger partial charge in [-0.05, 0) is 50.8 Å². The van der Waals surface area contributed by atoms with Crippen molar-refractivity contribution in [3.8, 4) is 0 Å². The number of hydrogen-bond acceptors (Lipinski definition) is 2. The monoisotopic (exact) mass is 350 g/mol. The van der Waals surface area contributed by atoms with E-state index in [2.05, 4.69) is 5.32 Å². The minimum atomic E-state index is -4.41. The van der Waals surface area contributed by atoms with E-state index in [9.17, 15) is 18.0 Å². The van der Waals surface area contributed by atoms with Gasteiger partial charge in [0, 0.05) is 12.1 Å². The van der Waals surface area contributed by atoms with Gasteiger partial charge < -0.3 is 10.2 Å². The number of aryl methyl sites for hydroxylation is 1. The fraction of sp³-hybridized carbons (Fsp3) is 0.316. The lowest BCUT2D eigenvalue weighted by Crippen LogP contribution is -2.34. The van der Waals surface area contributed by atoms with Crippen molar-refractivity contribution in [3.63, 3.8) is 0 Å². The number of benzene rings is 2. The third-order valence-corrected chi connectivity index (χ3v) is 4.02. The Morgan fingerprint density at radius 3 is 2.08 bits per heavy atom. The molecule has 6 heteroatoms. The molecule has 2 aromatic carbocycles. The van der Waals surface area contributed by atoms with Crippen LogP contribution in [0.25, 0.3) is 0 Å². The molecule has 0 aliphatic carbocycles. The van der Waals surface area contributed by atoms with Gasteiger partial charge in [-0.15, -0.1) is 0 Å². The minimum absolute atomic E-state index is 0.0287. The Morgan fingerprint density at radius 1 is 1.04 bits per heavy atom. The molecule has 0 radical (unpaired) electrons. The van der Waals surface area contributed by atoms with Crippen LogP contribution < -0.4 is 5.32 Å². The van der Waals surface area contributed by atoms with Gasteiger partial charge in [0.2, 0.25) is 0 Å². The van der Waals surface area contributed by atoms with Crippen molar-refractivity contribution in [3.05, 3.63) is 70.8 Å². The first kappa shape index (κ1) is 19.0. The number of nitrogens with zero attached hydrogens (tertiary/aromatic N) is 1. The van der Waals surface area contributed by atoms with E-state index in [0.717, 1.165) is 23.3 Å². The highest BCUT2D eigenvalue weighted by Gasteiger charge is 2.30. The molecule has 0 aliphatic rings. The van der Waals surface area contributed by atoms with Gasteiger partial charge >= 0.3 is 6.18 Å². The van der Waals surface area contributed by atoms with Gasteiger partial charge in [0.25, 0.3) is 5.91 Å². The zero-order valence-corrected chi connectivity index (χ0v) is 14.4. The fourth-order valence-corrected chi connectivity index (χ4v) is 2.49. The Labute approximate surface area is 145 Å². The van der Waals surface area contributed by atoms with Crippen LogP contribution in [-0.2, 0) is 6.18 Å². The van der Waals surface area contributed by atoms with Crippen molar-refractivity contribution in [2.24, 2.45) is 0 Å². The number of alkyl halides is 3. The summed E-state index contributed by atoms with van der Waals surface area (Å²) < 4.78 is 37.7. The molecule has 1 atom stereocenters. The van der Waals surface area contributed by atoms with Crippen LogP contribution in [0.2, 0.25) is 0 Å². The van der Waals surface area contributed by atoms with Gasteiger partial charge in [-0.2, -0.15) is 13.2 Å². The van der Waals surface area contributed by atoms with Crippen molar-refractivity contribution in [2.45, 2.75) is 19.1 Å². The van der Waals surface area contributed by atoms with Gasteiger partial charge in [0.15, 0.2) is 0 Å². The molecule has 1 N–H and O–H groups in total. The standard InChI is InChI=1S/C19H21F3N2O/c1-13-4-6-14(7-5-13)17(24(2)3)12-23-18(25)15-8-10-16(11-9-15)19(20,21)22/h4-11,17H,12H2,1-3H3,(H,23,25)/t17-/m1/s1. The molecular weight excluding hydrogens is 329 g/mol. The van der Waals surface area contributed by atoms with E-state index < -0.39 is 17.6 Å². The molecule has 0 aromatic heterocycles. The Hall–Kier alpha value is -2.34. The molecule has 25 heavy (non-hydrogen) atoms. The molecular formula is C19H21F3N2O. The molecule has 0 saturated heterocycles. The lowest BCUT2D eigenvalue weighted by Gasteiger charge is -2.25. The largest absolute Gasteiger partial charge is 0.416 e. The Balaban J connectivity index is 2.05. The number of likely N-dealkylation sites (N-methyl/N-ethyl adjacent to an activating group) is 1. The van der Waals surface area contributed by atoms with E-state index >= 15 is 0 Å². The van der Waals surface area contributed by atoms with Crippen LogP contribution in [0.15, 0.2) is 48.5 Å². The predicted octanol–water partition coefficient (Wildman–Crippen LogP) is 4.05. The van der Waals surface area contributed by atoms with E-state index in [1.807, 2.05) is 50.2 Å². The lowest BCUT2D eigenvalue weighted by molar-refractivity contribution is -0.137. The van der Waals surface area contributed by atoms with Crippen LogP contribution in [0.3, 0.4) is 0 Å². The second-order valence-electron chi connectivity index (χ2n) is 6.18. The topological polar surface area (TPSA) is 32.3 Å². The van der Waals surface area contributed by atoms with Crippen LogP contribution in [-0.4, -0.2) is 31.4 Å². The molecule has 1 amide bonds. The predicted molar refractivity (Wildman–Crippen MR) is 91.4 cm³/mol. The summed E-state index contributed by atoms with van der Waals surface area (Å²) in [6, 6.07) is 12.2. The third-order valence-electron chi connectivity index (χ3n) is 4.02. The van der Waals surface area contributed by atoms with E-state index in [1.54, 1.807) is 0 Å². The summed E-state index contributed by atoms with van der Waals surface area (Å²) in [5.74, 6) is -0.396. The van der Waals surface area contributed by atoms with Crippen LogP contribution in [0.5, 0.6) is 0 Å². The number of halogens is 3. The molecule has 0 aliphatic heterocycles. The summed E-state index contributed by atoms with van der Waals surface area (Å²) in [6.45, 7) is 2.36. The van der Waals surface area contributed by atoms with Gasteiger partial charge in [-0.25, -0.2) is 0 Å². The number of carbonyl (C=O) groups is 1. The average Bonchev–Trinajstić information content (AvgIpc) is 2.55. The van der Waals surface area contributed by atoms with Crippen molar-refractivity contribution in [2.75, 3.05) is 20.6 Å². The Morgan fingerprint density at radius 2 is 1.60 bits per heavy atom. The SMILES string of the molecule is Cc1ccc([C@@H](CNC(=O)c2ccc(C(F)(F)F)cc2)N(C)C)cc1. The number of hydrogen-bond donors (Lipinski definition) is 1. The van der Waals surface area contributed by atoms with E-state index in [4.69, 9.17) is 0 Å². The molecule has 0 bridgehead atoms. The van der Waals surface area contributed by atoms with Crippen LogP contribution in [0.4, 0.5) is 13.2 Å². The first-order valence-electron chi connectivity index (χ1n) is 7.87. The zero-order chi connectivity index (χ0) is 18.6. The van der Waals surface area contributed by atoms with E-state index in [0.29, 0.717) is 6.54 Å².